The van der Waals surface area contributed by atoms with Crippen LogP contribution in [0, 0.1) is 0 Å². The van der Waals surface area contributed by atoms with Crippen molar-refractivity contribution in [2.75, 3.05) is 12.3 Å². The number of nitrogens with zero attached hydrogens (tertiary/aromatic N) is 1. The van der Waals surface area contributed by atoms with Crippen molar-refractivity contribution in [2.24, 2.45) is 0 Å². The molecular formula is C12H11F3N2OS. The Morgan fingerprint density at radius 1 is 1.32 bits per heavy atom. The van der Waals surface area contributed by atoms with Crippen LogP contribution in [0.2, 0.25) is 0 Å². The molecule has 0 unspecified atom stereocenters. The lowest BCUT2D eigenvalue weighted by Crippen LogP contribution is -2.05. The number of benzene rings is 1. The number of alkyl halides is 3. The number of anilines is 1. The van der Waals surface area contributed by atoms with Gasteiger partial charge in [-0.2, -0.15) is 13.2 Å². The maximum atomic E-state index is 12.8. The van der Waals surface area contributed by atoms with Gasteiger partial charge in [-0.15, -0.1) is 0 Å². The minimum Gasteiger partial charge on any atom is -0.494 e. The summed E-state index contributed by atoms with van der Waals surface area (Å²) < 4.78 is 43.6. The zero-order valence-corrected chi connectivity index (χ0v) is 10.8. The third kappa shape index (κ3) is 3.17. The third-order valence-corrected chi connectivity index (χ3v) is 3.23. The van der Waals surface area contributed by atoms with Crippen LogP contribution in [0.1, 0.15) is 12.5 Å². The topological polar surface area (TPSA) is 48.1 Å². The lowest BCUT2D eigenvalue weighted by molar-refractivity contribution is -0.137. The molecule has 0 aliphatic heterocycles. The summed E-state index contributed by atoms with van der Waals surface area (Å²) in [5.74, 6) is 0.180. The van der Waals surface area contributed by atoms with Crippen LogP contribution in [0.4, 0.5) is 18.3 Å². The van der Waals surface area contributed by atoms with Crippen LogP contribution < -0.4 is 10.5 Å². The molecule has 0 radical (unpaired) electrons. The standard InChI is InChI=1S/C12H11F3N2OS/c1-2-18-9-4-7(10-6-17-11(16)19-10)3-8(5-9)12(13,14)15/h3-6H,2H2,1H3,(H2,16,17). The maximum absolute atomic E-state index is 12.8. The highest BCUT2D eigenvalue weighted by Gasteiger charge is 2.31. The van der Waals surface area contributed by atoms with E-state index in [1.807, 2.05) is 0 Å². The molecule has 102 valence electrons. The maximum Gasteiger partial charge on any atom is 0.416 e. The molecule has 2 N–H and O–H groups in total. The van der Waals surface area contributed by atoms with E-state index < -0.39 is 11.7 Å². The first-order valence-corrected chi connectivity index (χ1v) is 6.28. The summed E-state index contributed by atoms with van der Waals surface area (Å²) in [6.45, 7) is 2.01. The van der Waals surface area contributed by atoms with E-state index in [1.165, 1.54) is 6.20 Å². The fourth-order valence-electron chi connectivity index (χ4n) is 1.58. The van der Waals surface area contributed by atoms with E-state index in [0.717, 1.165) is 23.5 Å². The Bertz CT molecular complexity index is 581. The SMILES string of the molecule is CCOc1cc(-c2cnc(N)s2)cc(C(F)(F)F)c1. The van der Waals surface area contributed by atoms with Crippen molar-refractivity contribution in [1.82, 2.24) is 4.98 Å². The van der Waals surface area contributed by atoms with Gasteiger partial charge in [0, 0.05) is 6.20 Å². The summed E-state index contributed by atoms with van der Waals surface area (Å²) in [5, 5.41) is 0.311. The van der Waals surface area contributed by atoms with E-state index in [1.54, 1.807) is 13.0 Å². The van der Waals surface area contributed by atoms with Crippen LogP contribution in [0.25, 0.3) is 10.4 Å². The number of nitrogens with two attached hydrogens (primary N) is 1. The summed E-state index contributed by atoms with van der Waals surface area (Å²) in [6.07, 6.45) is -2.97. The molecule has 1 heterocycles. The smallest absolute Gasteiger partial charge is 0.416 e. The Morgan fingerprint density at radius 2 is 2.05 bits per heavy atom. The first kappa shape index (κ1) is 13.7. The molecule has 2 rings (SSSR count). The zero-order chi connectivity index (χ0) is 14.0. The number of thiazole rings is 1. The Kier molecular flexibility index (Phi) is 3.66. The number of ether oxygens (including phenoxy) is 1. The molecule has 0 aliphatic carbocycles. The van der Waals surface area contributed by atoms with Crippen molar-refractivity contribution in [3.8, 4) is 16.2 Å². The summed E-state index contributed by atoms with van der Waals surface area (Å²) in [4.78, 5) is 4.41. The molecule has 0 atom stereocenters. The Morgan fingerprint density at radius 3 is 2.58 bits per heavy atom. The van der Waals surface area contributed by atoms with Gasteiger partial charge in [-0.25, -0.2) is 4.98 Å². The number of hydrogen-bond donors (Lipinski definition) is 1. The molecule has 19 heavy (non-hydrogen) atoms. The van der Waals surface area contributed by atoms with Gasteiger partial charge < -0.3 is 10.5 Å². The number of aromatic nitrogens is 1. The average molecular weight is 288 g/mol. The molecule has 0 amide bonds. The summed E-state index contributed by atoms with van der Waals surface area (Å²) in [5.41, 5.74) is 5.14. The monoisotopic (exact) mass is 288 g/mol. The van der Waals surface area contributed by atoms with Crippen molar-refractivity contribution in [2.45, 2.75) is 13.1 Å². The van der Waals surface area contributed by atoms with E-state index in [4.69, 9.17) is 10.5 Å². The predicted molar refractivity (Wildman–Crippen MR) is 68.1 cm³/mol. The minimum absolute atomic E-state index is 0.180. The van der Waals surface area contributed by atoms with Gasteiger partial charge in [0.25, 0.3) is 0 Å². The van der Waals surface area contributed by atoms with Crippen LogP contribution in [-0.4, -0.2) is 11.6 Å². The molecule has 0 aliphatic rings. The fraction of sp³-hybridized carbons (Fsp3) is 0.250. The van der Waals surface area contributed by atoms with Gasteiger partial charge in [-0.1, -0.05) is 11.3 Å². The molecule has 0 saturated carbocycles. The number of hydrogen-bond acceptors (Lipinski definition) is 4. The average Bonchev–Trinajstić information content (AvgIpc) is 2.75. The Labute approximate surface area is 111 Å². The minimum atomic E-state index is -4.42. The quantitative estimate of drug-likeness (QED) is 0.934. The van der Waals surface area contributed by atoms with Crippen LogP contribution >= 0.6 is 11.3 Å². The second-order valence-corrected chi connectivity index (χ2v) is 4.80. The summed E-state index contributed by atoms with van der Waals surface area (Å²) in [7, 11) is 0. The molecule has 2 aromatic rings. The normalized spacial score (nSPS) is 11.6. The van der Waals surface area contributed by atoms with E-state index in [2.05, 4.69) is 4.98 Å². The first-order chi connectivity index (χ1) is 8.90. The van der Waals surface area contributed by atoms with Gasteiger partial charge in [0.2, 0.25) is 0 Å². The van der Waals surface area contributed by atoms with Crippen LogP contribution in [-0.2, 0) is 6.18 Å². The Balaban J connectivity index is 2.51. The van der Waals surface area contributed by atoms with Gasteiger partial charge in [0.15, 0.2) is 5.13 Å². The summed E-state index contributed by atoms with van der Waals surface area (Å²) in [6, 6.07) is 3.60. The molecule has 0 bridgehead atoms. The number of rotatable bonds is 3. The van der Waals surface area contributed by atoms with E-state index >= 15 is 0 Å². The molecular weight excluding hydrogens is 277 g/mol. The molecule has 0 spiro atoms. The highest BCUT2D eigenvalue weighted by Crippen LogP contribution is 2.37. The Hall–Kier alpha value is -1.76. The van der Waals surface area contributed by atoms with Gasteiger partial charge >= 0.3 is 6.18 Å². The highest BCUT2D eigenvalue weighted by molar-refractivity contribution is 7.18. The second-order valence-electron chi connectivity index (χ2n) is 3.74. The van der Waals surface area contributed by atoms with Crippen molar-refractivity contribution < 1.29 is 17.9 Å². The van der Waals surface area contributed by atoms with Gasteiger partial charge in [0.1, 0.15) is 5.75 Å². The van der Waals surface area contributed by atoms with E-state index in [-0.39, 0.29) is 5.75 Å². The van der Waals surface area contributed by atoms with Crippen molar-refractivity contribution >= 4 is 16.5 Å². The van der Waals surface area contributed by atoms with Gasteiger partial charge in [-0.05, 0) is 30.7 Å². The first-order valence-electron chi connectivity index (χ1n) is 5.47. The van der Waals surface area contributed by atoms with Crippen molar-refractivity contribution in [3.05, 3.63) is 30.0 Å². The highest BCUT2D eigenvalue weighted by atomic mass is 32.1. The fourth-order valence-corrected chi connectivity index (χ4v) is 2.25. The molecule has 0 saturated heterocycles. The van der Waals surface area contributed by atoms with Gasteiger partial charge in [0.05, 0.1) is 17.0 Å². The lowest BCUT2D eigenvalue weighted by atomic mass is 10.1. The number of halogens is 3. The third-order valence-electron chi connectivity index (χ3n) is 2.35. The van der Waals surface area contributed by atoms with Gasteiger partial charge in [-0.3, -0.25) is 0 Å². The van der Waals surface area contributed by atoms with Crippen LogP contribution in [0.3, 0.4) is 0 Å². The molecule has 1 aromatic heterocycles. The molecule has 3 nitrogen and oxygen atoms in total. The largest absolute Gasteiger partial charge is 0.494 e. The van der Waals surface area contributed by atoms with E-state index in [9.17, 15) is 13.2 Å². The zero-order valence-electron chi connectivity index (χ0n) is 9.99. The summed E-state index contributed by atoms with van der Waals surface area (Å²) >= 11 is 1.13. The molecule has 7 heteroatoms. The molecule has 1 aromatic carbocycles. The second kappa shape index (κ2) is 5.08. The molecule has 0 fully saturated rings. The van der Waals surface area contributed by atoms with Crippen molar-refractivity contribution in [1.29, 1.82) is 0 Å². The lowest BCUT2D eigenvalue weighted by Gasteiger charge is -2.11. The van der Waals surface area contributed by atoms with Crippen LogP contribution in [0.15, 0.2) is 24.4 Å². The predicted octanol–water partition coefficient (Wildman–Crippen LogP) is 3.81. The van der Waals surface area contributed by atoms with Crippen molar-refractivity contribution in [3.63, 3.8) is 0 Å². The van der Waals surface area contributed by atoms with Crippen LogP contribution in [0.5, 0.6) is 5.75 Å². The van der Waals surface area contributed by atoms with E-state index in [0.29, 0.717) is 22.2 Å². The number of nitrogen functional groups attached to an aromatic ring is 1.